The number of carbonyl (C=O) groups is 1. The first-order chi connectivity index (χ1) is 9.19. The molecular formula is C14H14N2O3. The summed E-state index contributed by atoms with van der Waals surface area (Å²) >= 11 is 0. The summed E-state index contributed by atoms with van der Waals surface area (Å²) in [7, 11) is 1.58. The average molecular weight is 258 g/mol. The molecule has 0 bridgehead atoms. The van der Waals surface area contributed by atoms with Gasteiger partial charge in [-0.25, -0.2) is 0 Å². The van der Waals surface area contributed by atoms with Crippen LogP contribution in [0.4, 0.5) is 5.88 Å². The summed E-state index contributed by atoms with van der Waals surface area (Å²) in [6.45, 7) is 1.82. The zero-order valence-corrected chi connectivity index (χ0v) is 10.7. The Morgan fingerprint density at radius 3 is 2.68 bits per heavy atom. The SMILES string of the molecule is COc1ccc(C(=O)C=CNc2cc(C)no2)cc1. The van der Waals surface area contributed by atoms with Crippen LogP contribution in [0, 0.1) is 6.92 Å². The molecular weight excluding hydrogens is 244 g/mol. The standard InChI is InChI=1S/C14H14N2O3/c1-10-9-14(19-16-10)15-8-7-13(17)11-3-5-12(18-2)6-4-11/h3-9,15H,1-2H3. The Kier molecular flexibility index (Phi) is 3.97. The number of hydrogen-bond donors (Lipinski definition) is 1. The lowest BCUT2D eigenvalue weighted by Crippen LogP contribution is -1.96. The first-order valence-corrected chi connectivity index (χ1v) is 5.74. The van der Waals surface area contributed by atoms with E-state index < -0.39 is 0 Å². The second-order valence-electron chi connectivity index (χ2n) is 3.90. The number of nitrogens with zero attached hydrogens (tertiary/aromatic N) is 1. The van der Waals surface area contributed by atoms with Gasteiger partial charge in [-0.05, 0) is 31.2 Å². The number of ketones is 1. The third-order valence-electron chi connectivity index (χ3n) is 2.46. The van der Waals surface area contributed by atoms with Crippen molar-refractivity contribution >= 4 is 11.7 Å². The molecule has 0 atom stereocenters. The Hall–Kier alpha value is -2.56. The Balaban J connectivity index is 1.96. The van der Waals surface area contributed by atoms with Crippen LogP contribution in [0.2, 0.25) is 0 Å². The van der Waals surface area contributed by atoms with Crippen LogP contribution in [0.25, 0.3) is 0 Å². The van der Waals surface area contributed by atoms with E-state index in [0.29, 0.717) is 11.4 Å². The van der Waals surface area contributed by atoms with Gasteiger partial charge in [-0.15, -0.1) is 0 Å². The molecule has 0 saturated heterocycles. The van der Waals surface area contributed by atoms with Crippen molar-refractivity contribution in [1.82, 2.24) is 5.16 Å². The van der Waals surface area contributed by atoms with E-state index in [1.807, 2.05) is 6.92 Å². The van der Waals surface area contributed by atoms with Gasteiger partial charge >= 0.3 is 0 Å². The fourth-order valence-electron chi connectivity index (χ4n) is 1.48. The van der Waals surface area contributed by atoms with Crippen LogP contribution in [-0.4, -0.2) is 18.0 Å². The quantitative estimate of drug-likeness (QED) is 0.660. The lowest BCUT2D eigenvalue weighted by atomic mass is 10.1. The predicted molar refractivity (Wildman–Crippen MR) is 71.3 cm³/mol. The van der Waals surface area contributed by atoms with Gasteiger partial charge in [-0.2, -0.15) is 0 Å². The van der Waals surface area contributed by atoms with Crippen LogP contribution < -0.4 is 10.1 Å². The van der Waals surface area contributed by atoms with Crippen molar-refractivity contribution in [3.63, 3.8) is 0 Å². The maximum absolute atomic E-state index is 11.8. The maximum Gasteiger partial charge on any atom is 0.228 e. The Labute approximate surface area is 110 Å². The van der Waals surface area contributed by atoms with E-state index in [2.05, 4.69) is 10.5 Å². The maximum atomic E-state index is 11.8. The molecule has 1 N–H and O–H groups in total. The molecule has 0 aliphatic carbocycles. The number of hydrogen-bond acceptors (Lipinski definition) is 5. The largest absolute Gasteiger partial charge is 0.497 e. The molecule has 19 heavy (non-hydrogen) atoms. The molecule has 0 fully saturated rings. The van der Waals surface area contributed by atoms with E-state index in [0.717, 1.165) is 11.4 Å². The van der Waals surface area contributed by atoms with E-state index in [4.69, 9.17) is 9.26 Å². The summed E-state index contributed by atoms with van der Waals surface area (Å²) in [5, 5.41) is 6.55. The van der Waals surface area contributed by atoms with Crippen molar-refractivity contribution in [2.24, 2.45) is 0 Å². The monoisotopic (exact) mass is 258 g/mol. The fourth-order valence-corrected chi connectivity index (χ4v) is 1.48. The third-order valence-corrected chi connectivity index (χ3v) is 2.46. The molecule has 0 amide bonds. The van der Waals surface area contributed by atoms with Crippen LogP contribution in [0.1, 0.15) is 16.1 Å². The number of ether oxygens (including phenoxy) is 1. The van der Waals surface area contributed by atoms with Crippen LogP contribution in [0.3, 0.4) is 0 Å². The number of allylic oxidation sites excluding steroid dienone is 1. The predicted octanol–water partition coefficient (Wildman–Crippen LogP) is 2.80. The van der Waals surface area contributed by atoms with E-state index in [9.17, 15) is 4.79 Å². The van der Waals surface area contributed by atoms with E-state index >= 15 is 0 Å². The summed E-state index contributed by atoms with van der Waals surface area (Å²) in [4.78, 5) is 11.8. The van der Waals surface area contributed by atoms with Crippen molar-refractivity contribution in [2.75, 3.05) is 12.4 Å². The second kappa shape index (κ2) is 5.86. The Bertz CT molecular complexity index is 585. The molecule has 1 heterocycles. The smallest absolute Gasteiger partial charge is 0.228 e. The van der Waals surface area contributed by atoms with E-state index in [-0.39, 0.29) is 5.78 Å². The minimum absolute atomic E-state index is 0.105. The number of benzene rings is 1. The first kappa shape index (κ1) is 12.9. The van der Waals surface area contributed by atoms with Gasteiger partial charge in [0.15, 0.2) is 5.78 Å². The Morgan fingerprint density at radius 2 is 2.11 bits per heavy atom. The summed E-state index contributed by atoms with van der Waals surface area (Å²) < 4.78 is 9.97. The average Bonchev–Trinajstić information content (AvgIpc) is 2.84. The van der Waals surface area contributed by atoms with Crippen molar-refractivity contribution < 1.29 is 14.1 Å². The van der Waals surface area contributed by atoms with Gasteiger partial charge in [-0.3, -0.25) is 4.79 Å². The van der Waals surface area contributed by atoms with Crippen molar-refractivity contribution in [3.8, 4) is 5.75 Å². The molecule has 0 saturated carbocycles. The number of methoxy groups -OCH3 is 1. The highest BCUT2D eigenvalue weighted by Gasteiger charge is 2.02. The number of rotatable bonds is 5. The molecule has 1 aromatic carbocycles. The summed E-state index contributed by atoms with van der Waals surface area (Å²) in [6, 6.07) is 8.65. The molecule has 0 radical (unpaired) electrons. The van der Waals surface area contributed by atoms with Gasteiger partial charge in [0.05, 0.1) is 12.8 Å². The highest BCUT2D eigenvalue weighted by Crippen LogP contribution is 2.12. The highest BCUT2D eigenvalue weighted by atomic mass is 16.5. The molecule has 5 heteroatoms. The number of aryl methyl sites for hydroxylation is 1. The Morgan fingerprint density at radius 1 is 1.37 bits per heavy atom. The molecule has 0 aliphatic heterocycles. The topological polar surface area (TPSA) is 64.4 Å². The lowest BCUT2D eigenvalue weighted by Gasteiger charge is -2.00. The molecule has 0 aliphatic rings. The minimum atomic E-state index is -0.105. The first-order valence-electron chi connectivity index (χ1n) is 5.74. The lowest BCUT2D eigenvalue weighted by molar-refractivity contribution is 0.104. The van der Waals surface area contributed by atoms with E-state index in [1.165, 1.54) is 12.3 Å². The molecule has 1 aromatic heterocycles. The normalized spacial score (nSPS) is 10.6. The van der Waals surface area contributed by atoms with Crippen molar-refractivity contribution in [2.45, 2.75) is 6.92 Å². The molecule has 0 unspecified atom stereocenters. The molecule has 5 nitrogen and oxygen atoms in total. The van der Waals surface area contributed by atoms with Gasteiger partial charge in [-0.1, -0.05) is 5.16 Å². The van der Waals surface area contributed by atoms with Crippen molar-refractivity contribution in [3.05, 3.63) is 53.9 Å². The number of carbonyl (C=O) groups excluding carboxylic acids is 1. The third kappa shape index (κ3) is 3.45. The van der Waals surface area contributed by atoms with Crippen LogP contribution in [0.15, 0.2) is 47.1 Å². The number of aromatic nitrogens is 1. The molecule has 2 rings (SSSR count). The van der Waals surface area contributed by atoms with Gasteiger partial charge in [0.2, 0.25) is 5.88 Å². The van der Waals surface area contributed by atoms with Crippen LogP contribution in [-0.2, 0) is 0 Å². The molecule has 98 valence electrons. The highest BCUT2D eigenvalue weighted by molar-refractivity contribution is 6.04. The summed E-state index contributed by atoms with van der Waals surface area (Å²) in [5.41, 5.74) is 1.37. The van der Waals surface area contributed by atoms with Gasteiger partial charge in [0.1, 0.15) is 5.75 Å². The van der Waals surface area contributed by atoms with Gasteiger partial charge in [0, 0.05) is 23.9 Å². The molecule has 2 aromatic rings. The van der Waals surface area contributed by atoms with Gasteiger partial charge < -0.3 is 14.6 Å². The van der Waals surface area contributed by atoms with Crippen LogP contribution in [0.5, 0.6) is 5.75 Å². The number of anilines is 1. The second-order valence-corrected chi connectivity index (χ2v) is 3.90. The van der Waals surface area contributed by atoms with E-state index in [1.54, 1.807) is 37.4 Å². The number of nitrogens with one attached hydrogen (secondary N) is 1. The zero-order chi connectivity index (χ0) is 13.7. The van der Waals surface area contributed by atoms with Crippen LogP contribution >= 0.6 is 0 Å². The molecule has 0 spiro atoms. The fraction of sp³-hybridized carbons (Fsp3) is 0.143. The van der Waals surface area contributed by atoms with Gasteiger partial charge in [0.25, 0.3) is 0 Å². The zero-order valence-electron chi connectivity index (χ0n) is 10.7. The summed E-state index contributed by atoms with van der Waals surface area (Å²) in [6.07, 6.45) is 2.95. The summed E-state index contributed by atoms with van der Waals surface area (Å²) in [5.74, 6) is 1.11. The minimum Gasteiger partial charge on any atom is -0.497 e. The van der Waals surface area contributed by atoms with Crippen molar-refractivity contribution in [1.29, 1.82) is 0 Å².